The van der Waals surface area contributed by atoms with Gasteiger partial charge in [-0.05, 0) is 34.4 Å². The van der Waals surface area contributed by atoms with Crippen molar-refractivity contribution in [3.05, 3.63) is 101 Å². The van der Waals surface area contributed by atoms with Gasteiger partial charge in [0.1, 0.15) is 12.1 Å². The molecule has 2 aliphatic rings. The Hall–Kier alpha value is -6.40. The molecular weight excluding hydrogens is 855 g/mol. The third-order valence-electron chi connectivity index (χ3n) is 11.9. The quantitative estimate of drug-likeness (QED) is 0.118. The number of halogens is 4. The molecule has 352 valence electrons. The van der Waals surface area contributed by atoms with E-state index in [4.69, 9.17) is 20.9 Å². The number of nitrogens with two attached hydrogens (primary N) is 2. The van der Waals surface area contributed by atoms with Crippen LogP contribution in [0.15, 0.2) is 78.9 Å². The van der Waals surface area contributed by atoms with E-state index in [2.05, 4.69) is 15.5 Å². The van der Waals surface area contributed by atoms with Crippen LogP contribution in [0.25, 0.3) is 0 Å². The Balaban J connectivity index is 1.37. The number of nitrogens with zero attached hydrogens (tertiary/aromatic N) is 3. The Labute approximate surface area is 375 Å². The number of rotatable bonds is 17. The maximum atomic E-state index is 15.1. The van der Waals surface area contributed by atoms with E-state index >= 15 is 17.6 Å². The first-order valence-corrected chi connectivity index (χ1v) is 20.9. The van der Waals surface area contributed by atoms with E-state index in [-0.39, 0.29) is 12.8 Å². The molecule has 19 heteroatoms. The maximum Gasteiger partial charge on any atom is 0.407 e. The number of anilines is 1. The Bertz CT molecular complexity index is 2070. The standard InChI is InChI=1S/C46H57F4N7O8/c1-43(2,22-35(51)58)37(53-41(62)64-5)39(60)56-26-45(47,48)20-33(56)30-16-12-28(13-17-30)24-55(32-10-8-7-9-11-32)25-29-14-18-31(19-15-29)34-21-46(49,50)27-57(34)40(61)38(54-42(63)65-6)44(3,4)23-36(52)59/h7-19,33-34,37-38H,20-27H2,1-6H3,(H2,51,58)(H2,52,59)(H,53,62)(H,54,63)/t33-,34-,37+,38+/m0/s1. The summed E-state index contributed by atoms with van der Waals surface area (Å²) in [6.07, 6.45) is -3.95. The molecule has 0 aliphatic carbocycles. The number of hydrogen-bond donors (Lipinski definition) is 4. The van der Waals surface area contributed by atoms with Gasteiger partial charge in [-0.1, -0.05) is 94.4 Å². The van der Waals surface area contributed by atoms with Gasteiger partial charge in [0.05, 0.1) is 39.4 Å². The normalized spacial score (nSPS) is 18.9. The van der Waals surface area contributed by atoms with Crippen molar-refractivity contribution in [1.29, 1.82) is 0 Å². The minimum atomic E-state index is -3.25. The Morgan fingerprint density at radius 1 is 0.646 bits per heavy atom. The van der Waals surface area contributed by atoms with Crippen molar-refractivity contribution in [2.45, 2.75) is 102 Å². The highest BCUT2D eigenvalue weighted by Gasteiger charge is 2.53. The van der Waals surface area contributed by atoms with E-state index < -0.39 is 109 Å². The van der Waals surface area contributed by atoms with Gasteiger partial charge in [0.2, 0.25) is 23.6 Å². The SMILES string of the molecule is COC(=O)N[C@H](C(=O)N1CC(F)(F)C[C@H]1c1ccc(CN(Cc2ccc([C@@H]3CC(F)(F)CN3C(=O)[C@@H](NC(=O)OC)C(C)(C)CC(N)=O)cc2)c2ccccc2)cc1)C(C)(C)CC(N)=O. The van der Waals surface area contributed by atoms with Crippen LogP contribution in [0.4, 0.5) is 32.8 Å². The molecule has 2 aliphatic heterocycles. The molecule has 3 aromatic carbocycles. The van der Waals surface area contributed by atoms with Crippen LogP contribution >= 0.6 is 0 Å². The molecule has 2 saturated heterocycles. The Morgan fingerprint density at radius 2 is 1.00 bits per heavy atom. The van der Waals surface area contributed by atoms with Crippen LogP contribution in [0.2, 0.25) is 0 Å². The largest absolute Gasteiger partial charge is 0.453 e. The number of hydrogen-bond acceptors (Lipinski definition) is 9. The van der Waals surface area contributed by atoms with Gasteiger partial charge >= 0.3 is 12.2 Å². The molecule has 65 heavy (non-hydrogen) atoms. The Morgan fingerprint density at radius 3 is 1.32 bits per heavy atom. The molecule has 4 atom stereocenters. The number of carbonyl (C=O) groups excluding carboxylic acids is 6. The number of ether oxygens (including phenoxy) is 2. The summed E-state index contributed by atoms with van der Waals surface area (Å²) in [7, 11) is 2.18. The van der Waals surface area contributed by atoms with Crippen LogP contribution in [0.1, 0.15) is 87.7 Å². The second kappa shape index (κ2) is 19.8. The summed E-state index contributed by atoms with van der Waals surface area (Å²) in [4.78, 5) is 80.5. The highest BCUT2D eigenvalue weighted by Crippen LogP contribution is 2.44. The number of alkyl halides is 4. The van der Waals surface area contributed by atoms with Crippen molar-refractivity contribution >= 4 is 41.5 Å². The van der Waals surface area contributed by atoms with Gasteiger partial charge in [0, 0.05) is 55.3 Å². The molecule has 15 nitrogen and oxygen atoms in total. The van der Waals surface area contributed by atoms with Crippen molar-refractivity contribution in [2.75, 3.05) is 32.2 Å². The number of benzene rings is 3. The maximum absolute atomic E-state index is 15.1. The summed E-state index contributed by atoms with van der Waals surface area (Å²) in [6.45, 7) is 4.95. The van der Waals surface area contributed by atoms with Gasteiger partial charge in [-0.15, -0.1) is 0 Å². The van der Waals surface area contributed by atoms with E-state index in [1.807, 2.05) is 30.3 Å². The summed E-state index contributed by atoms with van der Waals surface area (Å²) in [5.74, 6) is -9.63. The minimum Gasteiger partial charge on any atom is -0.453 e. The van der Waals surface area contributed by atoms with E-state index in [0.29, 0.717) is 24.2 Å². The monoisotopic (exact) mass is 911 g/mol. The summed E-state index contributed by atoms with van der Waals surface area (Å²) in [6, 6.07) is 18.2. The van der Waals surface area contributed by atoms with Gasteiger partial charge in [-0.2, -0.15) is 0 Å². The predicted molar refractivity (Wildman–Crippen MR) is 231 cm³/mol. The lowest BCUT2D eigenvalue weighted by Crippen LogP contribution is -2.56. The molecule has 6 N–H and O–H groups in total. The molecule has 0 aromatic heterocycles. The second-order valence-corrected chi connectivity index (χ2v) is 18.2. The molecule has 5 rings (SSSR count). The van der Waals surface area contributed by atoms with E-state index in [1.54, 1.807) is 48.5 Å². The van der Waals surface area contributed by atoms with Gasteiger partial charge in [-0.3, -0.25) is 19.2 Å². The lowest BCUT2D eigenvalue weighted by Gasteiger charge is -2.37. The molecule has 0 spiro atoms. The summed E-state index contributed by atoms with van der Waals surface area (Å²) < 4.78 is 69.9. The average Bonchev–Trinajstić information content (AvgIpc) is 3.75. The van der Waals surface area contributed by atoms with Crippen molar-refractivity contribution in [1.82, 2.24) is 20.4 Å². The molecule has 0 unspecified atom stereocenters. The van der Waals surface area contributed by atoms with Crippen LogP contribution in [-0.4, -0.2) is 96.9 Å². The third kappa shape index (κ3) is 12.4. The molecule has 3 aromatic rings. The number of likely N-dealkylation sites (tertiary alicyclic amines) is 2. The van der Waals surface area contributed by atoms with Crippen LogP contribution in [-0.2, 0) is 41.7 Å². The minimum absolute atomic E-state index is 0.324. The number of alkyl carbamates (subject to hydrolysis) is 2. The number of para-hydroxylation sites is 1. The zero-order valence-electron chi connectivity index (χ0n) is 37.2. The van der Waals surface area contributed by atoms with Crippen LogP contribution < -0.4 is 27.0 Å². The number of nitrogens with one attached hydrogen (secondary N) is 2. The number of carbonyl (C=O) groups is 6. The Kier molecular flexibility index (Phi) is 15.1. The van der Waals surface area contributed by atoms with E-state index in [1.165, 1.54) is 27.7 Å². The number of methoxy groups -OCH3 is 2. The molecule has 0 radical (unpaired) electrons. The van der Waals surface area contributed by atoms with Gasteiger partial charge in [-0.25, -0.2) is 27.2 Å². The van der Waals surface area contributed by atoms with Crippen LogP contribution in [0.3, 0.4) is 0 Å². The van der Waals surface area contributed by atoms with E-state index in [9.17, 15) is 28.8 Å². The lowest BCUT2D eigenvalue weighted by molar-refractivity contribution is -0.140. The highest BCUT2D eigenvalue weighted by molar-refractivity contribution is 5.89. The summed E-state index contributed by atoms with van der Waals surface area (Å²) in [5.41, 5.74) is 11.6. The number of amides is 6. The van der Waals surface area contributed by atoms with Crippen molar-refractivity contribution in [3.8, 4) is 0 Å². The van der Waals surface area contributed by atoms with Crippen LogP contribution in [0.5, 0.6) is 0 Å². The fourth-order valence-electron chi connectivity index (χ4n) is 8.67. The first-order valence-electron chi connectivity index (χ1n) is 20.9. The van der Waals surface area contributed by atoms with Crippen molar-refractivity contribution in [3.63, 3.8) is 0 Å². The number of primary amides is 2. The average molecular weight is 912 g/mol. The lowest BCUT2D eigenvalue weighted by atomic mass is 9.80. The van der Waals surface area contributed by atoms with E-state index in [0.717, 1.165) is 40.8 Å². The zero-order chi connectivity index (χ0) is 48.1. The molecule has 2 heterocycles. The molecular formula is C46H57F4N7O8. The van der Waals surface area contributed by atoms with Gasteiger partial charge < -0.3 is 46.3 Å². The summed E-state index contributed by atoms with van der Waals surface area (Å²) >= 11 is 0. The smallest absolute Gasteiger partial charge is 0.407 e. The second-order valence-electron chi connectivity index (χ2n) is 18.2. The molecule has 0 bridgehead atoms. The topological polar surface area (TPSA) is 207 Å². The fourth-order valence-corrected chi connectivity index (χ4v) is 8.67. The van der Waals surface area contributed by atoms with Crippen LogP contribution in [0, 0.1) is 10.8 Å². The molecule has 6 amide bonds. The molecule has 2 fully saturated rings. The predicted octanol–water partition coefficient (Wildman–Crippen LogP) is 5.96. The third-order valence-corrected chi connectivity index (χ3v) is 11.9. The summed E-state index contributed by atoms with van der Waals surface area (Å²) in [5, 5.41) is 4.83. The van der Waals surface area contributed by atoms with Crippen molar-refractivity contribution in [2.24, 2.45) is 22.3 Å². The first kappa shape index (κ1) is 49.6. The fraction of sp³-hybridized carbons (Fsp3) is 0.478. The highest BCUT2D eigenvalue weighted by atomic mass is 19.3. The van der Waals surface area contributed by atoms with Crippen molar-refractivity contribution < 1.29 is 55.8 Å². The first-order chi connectivity index (χ1) is 30.3. The molecule has 0 saturated carbocycles. The van der Waals surface area contributed by atoms with Gasteiger partial charge in [0.25, 0.3) is 11.8 Å². The zero-order valence-corrected chi connectivity index (χ0v) is 37.2. The van der Waals surface area contributed by atoms with Gasteiger partial charge in [0.15, 0.2) is 0 Å².